The Balaban J connectivity index is 3.00. The zero-order valence-corrected chi connectivity index (χ0v) is 21.1. The lowest BCUT2D eigenvalue weighted by Crippen LogP contribution is -2.58. The van der Waals surface area contributed by atoms with Crippen LogP contribution < -0.4 is 38.9 Å². The predicted molar refractivity (Wildman–Crippen MR) is 137 cm³/mol. The molecule has 4 unspecified atom stereocenters. The highest BCUT2D eigenvalue weighted by atomic mass is 16.4. The summed E-state index contributed by atoms with van der Waals surface area (Å²) in [5.41, 5.74) is 22.2. The molecule has 0 fully saturated rings. The molecule has 0 radical (unpaired) electrons. The van der Waals surface area contributed by atoms with Gasteiger partial charge >= 0.3 is 5.97 Å². The Kier molecular flexibility index (Phi) is 14.0. The molecule has 0 bridgehead atoms. The van der Waals surface area contributed by atoms with Crippen molar-refractivity contribution in [3.05, 3.63) is 35.9 Å². The second kappa shape index (κ2) is 16.7. The van der Waals surface area contributed by atoms with E-state index in [0.717, 1.165) is 0 Å². The van der Waals surface area contributed by atoms with E-state index in [4.69, 9.17) is 22.9 Å². The van der Waals surface area contributed by atoms with Crippen molar-refractivity contribution in [2.75, 3.05) is 6.54 Å². The normalized spacial score (nSPS) is 13.8. The molecule has 38 heavy (non-hydrogen) atoms. The number of carboxylic acid groups (broad SMARTS) is 1. The van der Waals surface area contributed by atoms with Crippen LogP contribution in [-0.4, -0.2) is 71.3 Å². The van der Waals surface area contributed by atoms with E-state index in [-0.39, 0.29) is 25.7 Å². The Bertz CT molecular complexity index is 974. The molecule has 0 aliphatic rings. The summed E-state index contributed by atoms with van der Waals surface area (Å²) in [6.07, 6.45) is 0.227. The number of unbranched alkanes of at least 4 members (excludes halogenated alkanes) is 1. The van der Waals surface area contributed by atoms with Crippen molar-refractivity contribution < 1.29 is 33.9 Å². The lowest BCUT2D eigenvalue weighted by atomic mass is 10.0. The van der Waals surface area contributed by atoms with Crippen molar-refractivity contribution >= 4 is 35.5 Å². The smallest absolute Gasteiger partial charge is 0.326 e. The van der Waals surface area contributed by atoms with Gasteiger partial charge in [0, 0.05) is 12.8 Å². The molecule has 12 N–H and O–H groups in total. The van der Waals surface area contributed by atoms with Crippen molar-refractivity contribution in [3.63, 3.8) is 0 Å². The molecular weight excluding hydrogens is 498 g/mol. The second-order valence-electron chi connectivity index (χ2n) is 8.78. The van der Waals surface area contributed by atoms with E-state index >= 15 is 0 Å². The van der Waals surface area contributed by atoms with Crippen LogP contribution in [0.3, 0.4) is 0 Å². The topological polar surface area (TPSA) is 263 Å². The first-order chi connectivity index (χ1) is 17.9. The van der Waals surface area contributed by atoms with Gasteiger partial charge in [-0.1, -0.05) is 30.3 Å². The van der Waals surface area contributed by atoms with E-state index < -0.39 is 66.1 Å². The Hall–Kier alpha value is -4.04. The molecule has 210 valence electrons. The van der Waals surface area contributed by atoms with Crippen LogP contribution in [0.5, 0.6) is 0 Å². The molecule has 0 heterocycles. The summed E-state index contributed by atoms with van der Waals surface area (Å²) in [5, 5.41) is 16.8. The van der Waals surface area contributed by atoms with Gasteiger partial charge in [0.25, 0.3) is 0 Å². The monoisotopic (exact) mass is 535 g/mol. The summed E-state index contributed by atoms with van der Waals surface area (Å²) in [4.78, 5) is 72.7. The SMILES string of the molecule is NCCCCC(NC(=O)C(CC(N)=O)NC(=O)C(N)CCC(N)=O)C(=O)NC(Cc1ccccc1)C(=O)O. The number of nitrogens with one attached hydrogen (secondary N) is 3. The number of nitrogens with two attached hydrogens (primary N) is 4. The summed E-state index contributed by atoms with van der Waals surface area (Å²) >= 11 is 0. The molecule has 0 aliphatic carbocycles. The van der Waals surface area contributed by atoms with Crippen molar-refractivity contribution in [1.82, 2.24) is 16.0 Å². The number of rotatable bonds is 18. The largest absolute Gasteiger partial charge is 0.480 e. The molecule has 5 amide bonds. The second-order valence-corrected chi connectivity index (χ2v) is 8.78. The van der Waals surface area contributed by atoms with E-state index in [9.17, 15) is 33.9 Å². The number of benzene rings is 1. The van der Waals surface area contributed by atoms with Gasteiger partial charge in [-0.2, -0.15) is 0 Å². The van der Waals surface area contributed by atoms with Crippen LogP contribution in [-0.2, 0) is 35.2 Å². The first-order valence-electron chi connectivity index (χ1n) is 12.1. The molecule has 0 aliphatic heterocycles. The maximum Gasteiger partial charge on any atom is 0.326 e. The fourth-order valence-corrected chi connectivity index (χ4v) is 3.47. The number of primary amides is 2. The lowest BCUT2D eigenvalue weighted by molar-refractivity contribution is -0.142. The van der Waals surface area contributed by atoms with Crippen LogP contribution in [0.1, 0.15) is 44.1 Å². The van der Waals surface area contributed by atoms with Crippen LogP contribution in [0.15, 0.2) is 30.3 Å². The average molecular weight is 536 g/mol. The van der Waals surface area contributed by atoms with Gasteiger partial charge in [0.2, 0.25) is 29.5 Å². The van der Waals surface area contributed by atoms with Crippen molar-refractivity contribution in [2.45, 2.75) is 69.1 Å². The number of hydrogen-bond acceptors (Lipinski definition) is 8. The van der Waals surface area contributed by atoms with Crippen molar-refractivity contribution in [1.29, 1.82) is 0 Å². The molecule has 0 saturated heterocycles. The number of hydrogen-bond donors (Lipinski definition) is 8. The number of carboxylic acids is 1. The van der Waals surface area contributed by atoms with E-state index in [0.29, 0.717) is 24.9 Å². The van der Waals surface area contributed by atoms with Gasteiger partial charge in [-0.3, -0.25) is 24.0 Å². The molecule has 1 aromatic carbocycles. The Morgan fingerprint density at radius 2 is 1.34 bits per heavy atom. The minimum Gasteiger partial charge on any atom is -0.480 e. The number of aliphatic carboxylic acids is 1. The van der Waals surface area contributed by atoms with Crippen LogP contribution in [0.4, 0.5) is 0 Å². The van der Waals surface area contributed by atoms with E-state index in [1.165, 1.54) is 0 Å². The fourth-order valence-electron chi connectivity index (χ4n) is 3.47. The Morgan fingerprint density at radius 1 is 0.763 bits per heavy atom. The molecule has 14 heteroatoms. The van der Waals surface area contributed by atoms with Gasteiger partial charge in [-0.25, -0.2) is 4.79 Å². The molecule has 0 saturated carbocycles. The van der Waals surface area contributed by atoms with Crippen LogP contribution in [0.2, 0.25) is 0 Å². The van der Waals surface area contributed by atoms with Gasteiger partial charge < -0.3 is 44.0 Å². The quantitative estimate of drug-likeness (QED) is 0.0912. The van der Waals surface area contributed by atoms with Crippen LogP contribution in [0.25, 0.3) is 0 Å². The Labute approximate surface area is 220 Å². The molecule has 4 atom stereocenters. The minimum atomic E-state index is -1.47. The molecule has 14 nitrogen and oxygen atoms in total. The van der Waals surface area contributed by atoms with E-state index in [2.05, 4.69) is 16.0 Å². The third-order valence-electron chi connectivity index (χ3n) is 5.55. The van der Waals surface area contributed by atoms with E-state index in [1.54, 1.807) is 30.3 Å². The highest BCUT2D eigenvalue weighted by molar-refractivity contribution is 5.96. The minimum absolute atomic E-state index is 0.00886. The van der Waals surface area contributed by atoms with Gasteiger partial charge in [-0.15, -0.1) is 0 Å². The first-order valence-corrected chi connectivity index (χ1v) is 12.1. The van der Waals surface area contributed by atoms with Crippen molar-refractivity contribution in [2.24, 2.45) is 22.9 Å². The zero-order chi connectivity index (χ0) is 28.7. The summed E-state index contributed by atoms with van der Waals surface area (Å²) in [7, 11) is 0. The number of carbonyl (C=O) groups excluding carboxylic acids is 5. The number of carbonyl (C=O) groups is 6. The highest BCUT2D eigenvalue weighted by Crippen LogP contribution is 2.07. The zero-order valence-electron chi connectivity index (χ0n) is 21.1. The van der Waals surface area contributed by atoms with Gasteiger partial charge in [0.15, 0.2) is 0 Å². The van der Waals surface area contributed by atoms with Gasteiger partial charge in [0.05, 0.1) is 12.5 Å². The van der Waals surface area contributed by atoms with Gasteiger partial charge in [0.1, 0.15) is 18.1 Å². The van der Waals surface area contributed by atoms with Crippen LogP contribution >= 0.6 is 0 Å². The molecule has 0 aromatic heterocycles. The Morgan fingerprint density at radius 3 is 1.89 bits per heavy atom. The maximum atomic E-state index is 13.0. The third-order valence-corrected chi connectivity index (χ3v) is 5.55. The van der Waals surface area contributed by atoms with Crippen molar-refractivity contribution in [3.8, 4) is 0 Å². The van der Waals surface area contributed by atoms with E-state index in [1.807, 2.05) is 0 Å². The highest BCUT2D eigenvalue weighted by Gasteiger charge is 2.31. The molecular formula is C24H37N7O7. The van der Waals surface area contributed by atoms with Gasteiger partial charge in [-0.05, 0) is 37.8 Å². The summed E-state index contributed by atoms with van der Waals surface area (Å²) in [6, 6.07) is 3.55. The van der Waals surface area contributed by atoms with Crippen LogP contribution in [0, 0.1) is 0 Å². The predicted octanol–water partition coefficient (Wildman–Crippen LogP) is -2.63. The standard InChI is InChI=1S/C24H37N7O7/c25-11-5-4-8-16(22(35)31-18(24(37)38)12-14-6-2-1-3-7-14)29-23(36)17(13-20(28)33)30-21(34)15(26)9-10-19(27)32/h1-3,6-7,15-18H,4-5,8-13,25-26H2,(H2,27,32)(H2,28,33)(H,29,36)(H,30,34)(H,31,35)(H,37,38). The fraction of sp³-hybridized carbons (Fsp3) is 0.500. The first kappa shape index (κ1) is 32.0. The molecule has 0 spiro atoms. The third kappa shape index (κ3) is 12.3. The summed E-state index contributed by atoms with van der Waals surface area (Å²) in [5.74, 6) is -5.33. The number of amides is 5. The molecule has 1 aromatic rings. The summed E-state index contributed by atoms with van der Waals surface area (Å²) < 4.78 is 0. The lowest BCUT2D eigenvalue weighted by Gasteiger charge is -2.25. The molecule has 1 rings (SSSR count). The average Bonchev–Trinajstić information content (AvgIpc) is 2.85. The maximum absolute atomic E-state index is 13.0. The summed E-state index contributed by atoms with van der Waals surface area (Å²) in [6.45, 7) is 0.331.